The zero-order valence-corrected chi connectivity index (χ0v) is 27.5. The summed E-state index contributed by atoms with van der Waals surface area (Å²) in [5.41, 5.74) is 10.8. The van der Waals surface area contributed by atoms with E-state index in [-0.39, 0.29) is 0 Å². The van der Waals surface area contributed by atoms with Crippen molar-refractivity contribution in [3.63, 3.8) is 0 Å². The van der Waals surface area contributed by atoms with Crippen molar-refractivity contribution in [2.75, 3.05) is 4.90 Å². The molecule has 0 aliphatic carbocycles. The lowest BCUT2D eigenvalue weighted by Crippen LogP contribution is -2.15. The molecule has 0 fully saturated rings. The minimum atomic E-state index is 0.701. The van der Waals surface area contributed by atoms with Crippen LogP contribution in [0.2, 0.25) is 0 Å². The predicted molar refractivity (Wildman–Crippen MR) is 210 cm³/mol. The van der Waals surface area contributed by atoms with E-state index in [0.29, 0.717) is 5.82 Å². The number of anilines is 3. The maximum Gasteiger partial charge on any atom is 0.160 e. The number of benzene rings is 7. The molecule has 0 unspecified atom stereocenters. The Bertz CT molecular complexity index is 2990. The first-order valence-corrected chi connectivity index (χ1v) is 17.6. The van der Waals surface area contributed by atoms with Gasteiger partial charge < -0.3 is 4.90 Å². The highest BCUT2D eigenvalue weighted by Crippen LogP contribution is 2.53. The van der Waals surface area contributed by atoms with Crippen LogP contribution in [0, 0.1) is 0 Å². The molecule has 11 rings (SSSR count). The molecule has 0 radical (unpaired) electrons. The number of hydrogen-bond donors (Lipinski definition) is 0. The van der Waals surface area contributed by atoms with Gasteiger partial charge in [-0.25, -0.2) is 9.97 Å². The monoisotopic (exact) mass is 654 g/mol. The van der Waals surface area contributed by atoms with Gasteiger partial charge in [-0.05, 0) is 58.8 Å². The molecule has 5 heteroatoms. The molecule has 0 atom stereocenters. The fourth-order valence-corrected chi connectivity index (χ4v) is 8.94. The Morgan fingerprint density at radius 3 is 2.14 bits per heavy atom. The summed E-state index contributed by atoms with van der Waals surface area (Å²) in [4.78, 5) is 17.8. The van der Waals surface area contributed by atoms with E-state index in [1.807, 2.05) is 12.3 Å². The normalized spacial score (nSPS) is 12.4. The van der Waals surface area contributed by atoms with Crippen LogP contribution in [0.1, 0.15) is 0 Å². The van der Waals surface area contributed by atoms with Crippen LogP contribution < -0.4 is 4.90 Å². The minimum absolute atomic E-state index is 0.701. The minimum Gasteiger partial charge on any atom is -0.309 e. The van der Waals surface area contributed by atoms with E-state index in [2.05, 4.69) is 150 Å². The fourth-order valence-electron chi connectivity index (χ4n) is 7.79. The van der Waals surface area contributed by atoms with Gasteiger partial charge in [-0.15, -0.1) is 11.3 Å². The third-order valence-electron chi connectivity index (χ3n) is 10.0. The highest BCUT2D eigenvalue weighted by Gasteiger charge is 2.28. The summed E-state index contributed by atoms with van der Waals surface area (Å²) in [6, 6.07) is 54.1. The molecule has 10 aromatic rings. The van der Waals surface area contributed by atoms with Crippen LogP contribution in [0.4, 0.5) is 17.1 Å². The number of nitrogens with zero attached hydrogens (tertiary/aromatic N) is 4. The predicted octanol–water partition coefficient (Wildman–Crippen LogP) is 12.5. The number of para-hydroxylation sites is 1. The van der Waals surface area contributed by atoms with Crippen molar-refractivity contribution in [1.82, 2.24) is 15.0 Å². The van der Waals surface area contributed by atoms with E-state index < -0.39 is 0 Å². The molecule has 0 saturated heterocycles. The van der Waals surface area contributed by atoms with Gasteiger partial charge in [0.25, 0.3) is 0 Å². The van der Waals surface area contributed by atoms with Crippen LogP contribution in [-0.2, 0) is 0 Å². The molecule has 0 amide bonds. The highest BCUT2D eigenvalue weighted by molar-refractivity contribution is 7.26. The van der Waals surface area contributed by atoms with Gasteiger partial charge in [0.1, 0.15) is 0 Å². The summed E-state index contributed by atoms with van der Waals surface area (Å²) >= 11 is 1.74. The van der Waals surface area contributed by atoms with Gasteiger partial charge in [0.05, 0.1) is 32.8 Å². The summed E-state index contributed by atoms with van der Waals surface area (Å²) in [5, 5.41) is 7.20. The van der Waals surface area contributed by atoms with Crippen molar-refractivity contribution in [2.45, 2.75) is 0 Å². The van der Waals surface area contributed by atoms with Crippen molar-refractivity contribution in [1.29, 1.82) is 0 Å². The third kappa shape index (κ3) is 3.95. The number of pyridine rings is 1. The van der Waals surface area contributed by atoms with Gasteiger partial charge in [-0.1, -0.05) is 109 Å². The smallest absolute Gasteiger partial charge is 0.160 e. The Morgan fingerprint density at radius 2 is 1.24 bits per heavy atom. The van der Waals surface area contributed by atoms with Crippen molar-refractivity contribution in [3.05, 3.63) is 158 Å². The Morgan fingerprint density at radius 1 is 0.500 bits per heavy atom. The number of rotatable bonds is 3. The Kier molecular flexibility index (Phi) is 5.80. The fraction of sp³-hybridized carbons (Fsp3) is 0. The van der Waals surface area contributed by atoms with Crippen LogP contribution >= 0.6 is 11.3 Å². The topological polar surface area (TPSA) is 41.9 Å². The van der Waals surface area contributed by atoms with Crippen LogP contribution in [0.3, 0.4) is 0 Å². The zero-order chi connectivity index (χ0) is 32.8. The van der Waals surface area contributed by atoms with Gasteiger partial charge in [-0.2, -0.15) is 0 Å². The van der Waals surface area contributed by atoms with Crippen molar-refractivity contribution in [3.8, 4) is 33.8 Å². The Labute approximate surface area is 291 Å². The quantitative estimate of drug-likeness (QED) is 0.190. The standard InChI is InChI=1S/C45H26N4S/c1-2-14-32-27(9-1)22-25-34-33-16-5-10-28-11-7-18-37(39(28)33)49(43(32)34)31-23-20-30(21-24-31)45-47-41-35-15-3-4-19-38(35)50-44(41)42(48-45)36-17-6-12-29-13-8-26-46-40(29)36/h1-26H. The largest absolute Gasteiger partial charge is 0.309 e. The Balaban J connectivity index is 1.13. The van der Waals surface area contributed by atoms with Crippen molar-refractivity contribution >= 4 is 81.1 Å². The van der Waals surface area contributed by atoms with Gasteiger partial charge >= 0.3 is 0 Å². The first kappa shape index (κ1) is 27.5. The van der Waals surface area contributed by atoms with E-state index in [9.17, 15) is 0 Å². The molecule has 232 valence electrons. The van der Waals surface area contributed by atoms with Gasteiger partial charge in [0, 0.05) is 54.8 Å². The first-order valence-electron chi connectivity index (χ1n) is 16.8. The molecule has 0 saturated carbocycles. The second-order valence-electron chi connectivity index (χ2n) is 12.8. The summed E-state index contributed by atoms with van der Waals surface area (Å²) in [7, 11) is 0. The molecular formula is C45H26N4S. The highest BCUT2D eigenvalue weighted by atomic mass is 32.1. The van der Waals surface area contributed by atoms with Crippen LogP contribution in [0.5, 0.6) is 0 Å². The second-order valence-corrected chi connectivity index (χ2v) is 13.9. The van der Waals surface area contributed by atoms with E-state index in [1.165, 1.54) is 48.7 Å². The second kappa shape index (κ2) is 10.5. The van der Waals surface area contributed by atoms with Crippen LogP contribution in [0.25, 0.3) is 86.5 Å². The molecule has 3 aromatic heterocycles. The van der Waals surface area contributed by atoms with E-state index in [4.69, 9.17) is 15.0 Å². The average Bonchev–Trinajstić information content (AvgIpc) is 3.56. The molecule has 0 N–H and O–H groups in total. The van der Waals surface area contributed by atoms with Crippen molar-refractivity contribution < 1.29 is 0 Å². The maximum atomic E-state index is 5.31. The van der Waals surface area contributed by atoms with Gasteiger partial charge in [0.2, 0.25) is 0 Å². The number of fused-ring (bicyclic) bond motifs is 8. The number of hydrogen-bond acceptors (Lipinski definition) is 5. The van der Waals surface area contributed by atoms with Crippen molar-refractivity contribution in [2.24, 2.45) is 0 Å². The lowest BCUT2D eigenvalue weighted by molar-refractivity contribution is 1.23. The molecule has 1 aliphatic rings. The molecular weight excluding hydrogens is 629 g/mol. The van der Waals surface area contributed by atoms with E-state index >= 15 is 0 Å². The van der Waals surface area contributed by atoms with Gasteiger partial charge in [-0.3, -0.25) is 4.98 Å². The SMILES string of the molecule is c1ccc2c3c(ccc2c1)-c1cccc2cccc(c12)N3c1ccc(-c2nc(-c3cccc4cccnc34)c3sc4ccccc4c3n2)cc1. The molecule has 50 heavy (non-hydrogen) atoms. The third-order valence-corrected chi connectivity index (χ3v) is 11.2. The average molecular weight is 655 g/mol. The zero-order valence-electron chi connectivity index (χ0n) is 26.7. The van der Waals surface area contributed by atoms with Crippen LogP contribution in [0.15, 0.2) is 158 Å². The molecule has 1 aliphatic heterocycles. The first-order chi connectivity index (χ1) is 24.8. The molecule has 4 heterocycles. The molecule has 7 aromatic carbocycles. The van der Waals surface area contributed by atoms with E-state index in [1.54, 1.807) is 11.3 Å². The molecule has 0 bridgehead atoms. The summed E-state index contributed by atoms with van der Waals surface area (Å²) in [6.07, 6.45) is 1.86. The maximum absolute atomic E-state index is 5.31. The summed E-state index contributed by atoms with van der Waals surface area (Å²) in [6.45, 7) is 0. The number of aromatic nitrogens is 3. The Hall–Kier alpha value is -6.43. The van der Waals surface area contributed by atoms with E-state index in [0.717, 1.165) is 49.0 Å². The van der Waals surface area contributed by atoms with Gasteiger partial charge in [0.15, 0.2) is 5.82 Å². The summed E-state index contributed by atoms with van der Waals surface area (Å²) in [5.74, 6) is 0.701. The lowest BCUT2D eigenvalue weighted by Gasteiger charge is -2.34. The number of thiophene rings is 1. The molecule has 4 nitrogen and oxygen atoms in total. The lowest BCUT2D eigenvalue weighted by atomic mass is 9.88. The van der Waals surface area contributed by atoms with Crippen LogP contribution in [-0.4, -0.2) is 15.0 Å². The summed E-state index contributed by atoms with van der Waals surface area (Å²) < 4.78 is 2.28. The molecule has 0 spiro atoms.